The van der Waals surface area contributed by atoms with E-state index in [1.165, 1.54) is 31.0 Å². The molecule has 1 amide bonds. The van der Waals surface area contributed by atoms with Crippen LogP contribution in [-0.2, 0) is 27.8 Å². The zero-order chi connectivity index (χ0) is 36.3. The number of anilines is 1. The van der Waals surface area contributed by atoms with Crippen LogP contribution in [-0.4, -0.2) is 101 Å². The number of alkyl halides is 3. The van der Waals surface area contributed by atoms with Crippen LogP contribution < -0.4 is 10.0 Å². The molecule has 2 aliphatic rings. The van der Waals surface area contributed by atoms with Crippen molar-refractivity contribution in [2.45, 2.75) is 71.2 Å². The van der Waals surface area contributed by atoms with Gasteiger partial charge >= 0.3 is 22.4 Å². The highest BCUT2D eigenvalue weighted by Crippen LogP contribution is 2.38. The lowest BCUT2D eigenvalue weighted by molar-refractivity contribution is -0.192. The third kappa shape index (κ3) is 10.3. The molecule has 1 aliphatic heterocycles. The SMILES string of the molecule is CN(C)S(=O)(=O)Nc1ccc([C@@H](CCN2CC[C@@H](O)C2)NC(=O)c2nc3cc4c(nc3s2)CC[C@H](C(C)(C)C)C4)cn1.O=C(O)C(F)(F)F. The lowest BCUT2D eigenvalue weighted by Crippen LogP contribution is -2.32. The molecule has 0 spiro atoms. The number of aromatic nitrogens is 3. The van der Waals surface area contributed by atoms with Gasteiger partial charge in [-0.15, -0.1) is 0 Å². The molecule has 0 saturated carbocycles. The Labute approximate surface area is 287 Å². The minimum atomic E-state index is -5.08. The summed E-state index contributed by atoms with van der Waals surface area (Å²) in [5, 5.41) is 20.6. The number of nitrogens with one attached hydrogen (secondary N) is 2. The monoisotopic (exact) mass is 729 g/mol. The Bertz CT molecular complexity index is 1740. The lowest BCUT2D eigenvalue weighted by atomic mass is 9.71. The number of aliphatic hydroxyl groups is 1. The molecular formula is C31H42F3N7O6S2. The molecule has 5 rings (SSSR count). The minimum absolute atomic E-state index is 0.190. The number of thiazole rings is 1. The van der Waals surface area contributed by atoms with Gasteiger partial charge in [0.1, 0.15) is 16.2 Å². The van der Waals surface area contributed by atoms with Gasteiger partial charge in [-0.05, 0) is 66.7 Å². The third-order valence-electron chi connectivity index (χ3n) is 8.60. The number of likely N-dealkylation sites (tertiary alicyclic amines) is 1. The van der Waals surface area contributed by atoms with Crippen molar-refractivity contribution in [1.82, 2.24) is 29.5 Å². The van der Waals surface area contributed by atoms with E-state index in [0.717, 1.165) is 58.1 Å². The van der Waals surface area contributed by atoms with E-state index in [2.05, 4.69) is 51.7 Å². The van der Waals surface area contributed by atoms with E-state index >= 15 is 0 Å². The maximum Gasteiger partial charge on any atom is 0.490 e. The number of carbonyl (C=O) groups is 2. The van der Waals surface area contributed by atoms with Crippen LogP contribution >= 0.6 is 11.3 Å². The zero-order valence-corrected chi connectivity index (χ0v) is 29.5. The Morgan fingerprint density at radius 3 is 2.41 bits per heavy atom. The van der Waals surface area contributed by atoms with Gasteiger partial charge in [-0.3, -0.25) is 9.52 Å². The first kappa shape index (κ1) is 38.4. The summed E-state index contributed by atoms with van der Waals surface area (Å²) in [5.74, 6) is -2.27. The number of hydrogen-bond donors (Lipinski definition) is 4. The van der Waals surface area contributed by atoms with E-state index in [0.29, 0.717) is 30.4 Å². The molecule has 1 fully saturated rings. The average molecular weight is 730 g/mol. The van der Waals surface area contributed by atoms with E-state index in [1.54, 1.807) is 18.3 Å². The number of carbonyl (C=O) groups excluding carboxylic acids is 1. The maximum absolute atomic E-state index is 13.5. The molecule has 13 nitrogen and oxygen atoms in total. The van der Waals surface area contributed by atoms with Gasteiger partial charge < -0.3 is 20.4 Å². The molecule has 49 heavy (non-hydrogen) atoms. The van der Waals surface area contributed by atoms with E-state index in [1.807, 2.05) is 0 Å². The van der Waals surface area contributed by atoms with Crippen LogP contribution in [0.3, 0.4) is 0 Å². The fourth-order valence-corrected chi connectivity index (χ4v) is 7.02. The van der Waals surface area contributed by atoms with Crippen LogP contribution in [0.4, 0.5) is 19.0 Å². The predicted molar refractivity (Wildman–Crippen MR) is 178 cm³/mol. The zero-order valence-electron chi connectivity index (χ0n) is 27.9. The number of carboxylic acid groups (broad SMARTS) is 1. The number of nitrogens with zero attached hydrogens (tertiary/aromatic N) is 5. The van der Waals surface area contributed by atoms with Crippen molar-refractivity contribution in [1.29, 1.82) is 0 Å². The predicted octanol–water partition coefficient (Wildman–Crippen LogP) is 4.02. The number of hydrogen-bond acceptors (Lipinski definition) is 10. The summed E-state index contributed by atoms with van der Waals surface area (Å²) in [7, 11) is -0.813. The number of carboxylic acids is 1. The van der Waals surface area contributed by atoms with Crippen molar-refractivity contribution in [3.8, 4) is 0 Å². The highest BCUT2D eigenvalue weighted by molar-refractivity contribution is 7.90. The van der Waals surface area contributed by atoms with Crippen LogP contribution in [0.25, 0.3) is 10.3 Å². The van der Waals surface area contributed by atoms with Crippen LogP contribution in [0.15, 0.2) is 24.4 Å². The van der Waals surface area contributed by atoms with Crippen molar-refractivity contribution < 1.29 is 41.4 Å². The molecule has 0 bridgehead atoms. The Kier molecular flexibility index (Phi) is 11.9. The number of halogens is 3. The molecule has 0 unspecified atom stereocenters. The van der Waals surface area contributed by atoms with Gasteiger partial charge in [0.25, 0.3) is 5.91 Å². The minimum Gasteiger partial charge on any atom is -0.475 e. The number of pyridine rings is 2. The van der Waals surface area contributed by atoms with Gasteiger partial charge in [-0.1, -0.05) is 38.2 Å². The number of amides is 1. The summed E-state index contributed by atoms with van der Waals surface area (Å²) in [6, 6.07) is 5.08. The summed E-state index contributed by atoms with van der Waals surface area (Å²) in [4.78, 5) is 39.2. The average Bonchev–Trinajstić information content (AvgIpc) is 3.62. The molecule has 4 heterocycles. The van der Waals surface area contributed by atoms with Gasteiger partial charge in [0.05, 0.1) is 12.1 Å². The van der Waals surface area contributed by atoms with Crippen molar-refractivity contribution in [2.75, 3.05) is 38.5 Å². The number of aliphatic carboxylic acids is 1. The maximum atomic E-state index is 13.5. The number of aliphatic hydroxyl groups excluding tert-OH is 1. The van der Waals surface area contributed by atoms with E-state index in [9.17, 15) is 31.5 Å². The normalized spacial score (nSPS) is 19.2. The molecule has 3 aromatic heterocycles. The van der Waals surface area contributed by atoms with E-state index < -0.39 is 22.4 Å². The van der Waals surface area contributed by atoms with Gasteiger partial charge in [-0.2, -0.15) is 25.9 Å². The van der Waals surface area contributed by atoms with E-state index in [-0.39, 0.29) is 29.3 Å². The van der Waals surface area contributed by atoms with Gasteiger partial charge in [0, 0.05) is 45.6 Å². The molecule has 270 valence electrons. The van der Waals surface area contributed by atoms with Gasteiger partial charge in [-0.25, -0.2) is 19.7 Å². The highest BCUT2D eigenvalue weighted by atomic mass is 32.2. The second-order valence-electron chi connectivity index (χ2n) is 13.5. The molecule has 4 N–H and O–H groups in total. The van der Waals surface area contributed by atoms with Crippen molar-refractivity contribution in [3.63, 3.8) is 0 Å². The fourth-order valence-electron chi connectivity index (χ4n) is 5.61. The largest absolute Gasteiger partial charge is 0.490 e. The second-order valence-corrected chi connectivity index (χ2v) is 16.3. The molecule has 3 atom stereocenters. The Morgan fingerprint density at radius 2 is 1.86 bits per heavy atom. The molecule has 0 radical (unpaired) electrons. The standard InChI is InChI=1S/C29H41N7O4S2.C2HF3O2/c1-29(2,3)20-7-8-22-19(14-20)15-24-27(32-22)41-28(33-24)26(38)31-23(11-13-36-12-10-21(37)17-36)18-6-9-25(30-16-18)34-42(39,40)35(4)5;3-2(4,5)1(6)7/h6,9,15-16,20-21,23,37H,7-8,10-14,17H2,1-5H3,(H,30,34)(H,31,38);(H,6,7)/t20-,21+,23+;/m0./s1. The number of rotatable bonds is 9. The quantitative estimate of drug-likeness (QED) is 0.252. The first-order chi connectivity index (χ1) is 22.7. The smallest absolute Gasteiger partial charge is 0.475 e. The summed E-state index contributed by atoms with van der Waals surface area (Å²) in [6.07, 6.45) is 0.517. The second kappa shape index (κ2) is 15.2. The number of aryl methyl sites for hydroxylation is 1. The Balaban J connectivity index is 0.000000698. The summed E-state index contributed by atoms with van der Waals surface area (Å²) < 4.78 is 59.6. The van der Waals surface area contributed by atoms with Crippen LogP contribution in [0, 0.1) is 11.3 Å². The Morgan fingerprint density at radius 1 is 1.16 bits per heavy atom. The number of fused-ring (bicyclic) bond motifs is 2. The molecule has 1 saturated heterocycles. The van der Waals surface area contributed by atoms with Crippen molar-refractivity contribution in [2.24, 2.45) is 11.3 Å². The molecule has 3 aromatic rings. The highest BCUT2D eigenvalue weighted by Gasteiger charge is 2.38. The number of β-amino-alcohol motifs (C(OH)–C–C–N with tert-alkyl or cyclic N) is 1. The first-order valence-electron chi connectivity index (χ1n) is 15.7. The summed E-state index contributed by atoms with van der Waals surface area (Å²) >= 11 is 1.30. The Hall–Kier alpha value is -3.45. The van der Waals surface area contributed by atoms with Crippen molar-refractivity contribution in [3.05, 3.63) is 46.2 Å². The van der Waals surface area contributed by atoms with Crippen LogP contribution in [0.2, 0.25) is 0 Å². The van der Waals surface area contributed by atoms with Crippen LogP contribution in [0.1, 0.15) is 72.7 Å². The summed E-state index contributed by atoms with van der Waals surface area (Å²) in [5.41, 5.74) is 4.07. The first-order valence-corrected chi connectivity index (χ1v) is 18.0. The van der Waals surface area contributed by atoms with E-state index in [4.69, 9.17) is 14.9 Å². The molecule has 1 aliphatic carbocycles. The molecule has 0 aromatic carbocycles. The summed E-state index contributed by atoms with van der Waals surface area (Å²) in [6.45, 7) is 8.94. The van der Waals surface area contributed by atoms with Crippen LogP contribution in [0.5, 0.6) is 0 Å². The van der Waals surface area contributed by atoms with Gasteiger partial charge in [0.2, 0.25) is 0 Å². The topological polar surface area (TPSA) is 178 Å². The molecular weight excluding hydrogens is 688 g/mol. The molecule has 18 heteroatoms. The van der Waals surface area contributed by atoms with Crippen molar-refractivity contribution >= 4 is 49.6 Å². The van der Waals surface area contributed by atoms with Gasteiger partial charge in [0.15, 0.2) is 5.01 Å². The third-order valence-corrected chi connectivity index (χ3v) is 11.0. The fraction of sp³-hybridized carbons (Fsp3) is 0.581. The lowest BCUT2D eigenvalue weighted by Gasteiger charge is -2.34.